The van der Waals surface area contributed by atoms with Gasteiger partial charge in [0, 0.05) is 29.7 Å². The number of rotatable bonds is 6. The number of nitrogens with one attached hydrogen (secondary N) is 2. The standard InChI is InChI=1S/C23H24N4O3/c1-16-5-4-6-19(11-16)26-23(25-15-17-7-9-24-10-8-17)27-22(28)18-12-20(29-2)14-21(13-18)30-3/h4-14H,15H2,1-3H3,(H2,25,26,27,28). The van der Waals surface area contributed by atoms with Gasteiger partial charge in [-0.25, -0.2) is 4.99 Å². The lowest BCUT2D eigenvalue weighted by atomic mass is 10.2. The molecule has 0 spiro atoms. The summed E-state index contributed by atoms with van der Waals surface area (Å²) in [6, 6.07) is 16.6. The number of guanidine groups is 1. The first kappa shape index (κ1) is 20.9. The van der Waals surface area contributed by atoms with Gasteiger partial charge in [0.25, 0.3) is 5.91 Å². The topological polar surface area (TPSA) is 84.8 Å². The van der Waals surface area contributed by atoms with Crippen molar-refractivity contribution in [2.24, 2.45) is 4.99 Å². The van der Waals surface area contributed by atoms with Crippen LogP contribution in [0.5, 0.6) is 11.5 Å². The van der Waals surface area contributed by atoms with E-state index in [-0.39, 0.29) is 5.91 Å². The second kappa shape index (κ2) is 10.1. The number of benzene rings is 2. The van der Waals surface area contributed by atoms with E-state index in [9.17, 15) is 4.79 Å². The summed E-state index contributed by atoms with van der Waals surface area (Å²) in [5.41, 5.74) is 3.30. The lowest BCUT2D eigenvalue weighted by Gasteiger charge is -2.13. The van der Waals surface area contributed by atoms with Gasteiger partial charge in [-0.15, -0.1) is 0 Å². The Hall–Kier alpha value is -3.87. The highest BCUT2D eigenvalue weighted by atomic mass is 16.5. The Bertz CT molecular complexity index is 1010. The predicted octanol–water partition coefficient (Wildman–Crippen LogP) is 3.81. The summed E-state index contributed by atoms with van der Waals surface area (Å²) in [6.07, 6.45) is 3.42. The van der Waals surface area contributed by atoms with Crippen LogP contribution >= 0.6 is 0 Å². The first-order valence-electron chi connectivity index (χ1n) is 9.39. The molecule has 1 aromatic heterocycles. The fraction of sp³-hybridized carbons (Fsp3) is 0.174. The van der Waals surface area contributed by atoms with Crippen molar-refractivity contribution in [1.29, 1.82) is 0 Å². The third-order valence-electron chi connectivity index (χ3n) is 4.30. The van der Waals surface area contributed by atoms with Gasteiger partial charge < -0.3 is 14.8 Å². The minimum Gasteiger partial charge on any atom is -0.497 e. The molecule has 0 atom stereocenters. The number of aromatic nitrogens is 1. The van der Waals surface area contributed by atoms with E-state index >= 15 is 0 Å². The number of nitrogens with zero attached hydrogens (tertiary/aromatic N) is 2. The number of carbonyl (C=O) groups excluding carboxylic acids is 1. The van der Waals surface area contributed by atoms with Gasteiger partial charge >= 0.3 is 0 Å². The molecule has 7 heteroatoms. The van der Waals surface area contributed by atoms with Crippen molar-refractivity contribution in [3.8, 4) is 11.5 Å². The minimum atomic E-state index is -0.333. The van der Waals surface area contributed by atoms with Gasteiger partial charge in [-0.3, -0.25) is 15.1 Å². The van der Waals surface area contributed by atoms with Gasteiger partial charge in [-0.05, 0) is 54.4 Å². The Balaban J connectivity index is 1.85. The molecular weight excluding hydrogens is 380 g/mol. The van der Waals surface area contributed by atoms with Gasteiger partial charge in [0.1, 0.15) is 11.5 Å². The zero-order valence-electron chi connectivity index (χ0n) is 17.2. The van der Waals surface area contributed by atoms with E-state index in [0.29, 0.717) is 29.6 Å². The molecule has 2 N–H and O–H groups in total. The van der Waals surface area contributed by atoms with Crippen molar-refractivity contribution in [3.63, 3.8) is 0 Å². The zero-order chi connectivity index (χ0) is 21.3. The third kappa shape index (κ3) is 5.81. The van der Waals surface area contributed by atoms with Crippen molar-refractivity contribution in [2.45, 2.75) is 13.5 Å². The maximum Gasteiger partial charge on any atom is 0.258 e. The van der Waals surface area contributed by atoms with E-state index < -0.39 is 0 Å². The SMILES string of the molecule is COc1cc(OC)cc(C(=O)NC(=NCc2ccncc2)Nc2cccc(C)c2)c1. The number of hydrogen-bond acceptors (Lipinski definition) is 5. The quantitative estimate of drug-likeness (QED) is 0.482. The Morgan fingerprint density at radius 2 is 1.70 bits per heavy atom. The summed E-state index contributed by atoms with van der Waals surface area (Å²) in [4.78, 5) is 21.5. The van der Waals surface area contributed by atoms with Gasteiger partial charge in [0.05, 0.1) is 20.8 Å². The van der Waals surface area contributed by atoms with E-state index in [2.05, 4.69) is 20.6 Å². The van der Waals surface area contributed by atoms with E-state index in [1.54, 1.807) is 30.6 Å². The van der Waals surface area contributed by atoms with Gasteiger partial charge in [0.15, 0.2) is 0 Å². The number of hydrogen-bond donors (Lipinski definition) is 2. The van der Waals surface area contributed by atoms with Crippen molar-refractivity contribution in [2.75, 3.05) is 19.5 Å². The summed E-state index contributed by atoms with van der Waals surface area (Å²) in [5.74, 6) is 1.06. The number of methoxy groups -OCH3 is 2. The lowest BCUT2D eigenvalue weighted by molar-refractivity contribution is 0.0976. The van der Waals surface area contributed by atoms with E-state index in [1.165, 1.54) is 14.2 Å². The average molecular weight is 404 g/mol. The summed E-state index contributed by atoms with van der Waals surface area (Å²) >= 11 is 0. The molecule has 1 heterocycles. The molecule has 154 valence electrons. The molecule has 0 saturated carbocycles. The third-order valence-corrected chi connectivity index (χ3v) is 4.30. The highest BCUT2D eigenvalue weighted by molar-refractivity contribution is 6.10. The highest BCUT2D eigenvalue weighted by Crippen LogP contribution is 2.22. The highest BCUT2D eigenvalue weighted by Gasteiger charge is 2.13. The van der Waals surface area contributed by atoms with Crippen LogP contribution in [0.4, 0.5) is 5.69 Å². The monoisotopic (exact) mass is 404 g/mol. The van der Waals surface area contributed by atoms with Crippen LogP contribution in [-0.4, -0.2) is 31.1 Å². The van der Waals surface area contributed by atoms with E-state index in [4.69, 9.17) is 9.47 Å². The number of ether oxygens (including phenoxy) is 2. The molecule has 3 rings (SSSR count). The predicted molar refractivity (Wildman–Crippen MR) is 117 cm³/mol. The number of aliphatic imine (C=N–C) groups is 1. The minimum absolute atomic E-state index is 0.333. The maximum atomic E-state index is 12.9. The largest absolute Gasteiger partial charge is 0.497 e. The second-order valence-corrected chi connectivity index (χ2v) is 6.57. The molecule has 0 aliphatic heterocycles. The lowest BCUT2D eigenvalue weighted by Crippen LogP contribution is -2.36. The molecule has 1 amide bonds. The number of aryl methyl sites for hydroxylation is 1. The van der Waals surface area contributed by atoms with Gasteiger partial charge in [-0.1, -0.05) is 12.1 Å². The Kier molecular flexibility index (Phi) is 7.00. The van der Waals surface area contributed by atoms with Crippen LogP contribution in [0.25, 0.3) is 0 Å². The van der Waals surface area contributed by atoms with Crippen molar-refractivity contribution >= 4 is 17.6 Å². The van der Waals surface area contributed by atoms with Crippen molar-refractivity contribution in [3.05, 3.63) is 83.7 Å². The van der Waals surface area contributed by atoms with Crippen molar-refractivity contribution < 1.29 is 14.3 Å². The van der Waals surface area contributed by atoms with Crippen LogP contribution in [0.1, 0.15) is 21.5 Å². The molecule has 0 aliphatic rings. The van der Waals surface area contributed by atoms with E-state index in [0.717, 1.165) is 16.8 Å². The van der Waals surface area contributed by atoms with Crippen LogP contribution < -0.4 is 20.1 Å². The number of pyridine rings is 1. The smallest absolute Gasteiger partial charge is 0.258 e. The summed E-state index contributed by atoms with van der Waals surface area (Å²) < 4.78 is 10.5. The normalized spacial score (nSPS) is 11.0. The molecule has 0 aliphatic carbocycles. The molecule has 0 saturated heterocycles. The zero-order valence-corrected chi connectivity index (χ0v) is 17.2. The summed E-state index contributed by atoms with van der Waals surface area (Å²) in [7, 11) is 3.08. The molecule has 0 fully saturated rings. The first-order valence-corrected chi connectivity index (χ1v) is 9.39. The van der Waals surface area contributed by atoms with Crippen LogP contribution in [0.15, 0.2) is 72.0 Å². The summed E-state index contributed by atoms with van der Waals surface area (Å²) in [5, 5.41) is 6.04. The van der Waals surface area contributed by atoms with Gasteiger partial charge in [-0.2, -0.15) is 0 Å². The molecular formula is C23H24N4O3. The Morgan fingerprint density at radius 3 is 2.33 bits per heavy atom. The molecule has 0 unspecified atom stereocenters. The number of anilines is 1. The fourth-order valence-electron chi connectivity index (χ4n) is 2.75. The van der Waals surface area contributed by atoms with Crippen LogP contribution in [-0.2, 0) is 6.54 Å². The molecule has 7 nitrogen and oxygen atoms in total. The Labute approximate surface area is 175 Å². The Morgan fingerprint density at radius 1 is 1.00 bits per heavy atom. The fourth-order valence-corrected chi connectivity index (χ4v) is 2.75. The van der Waals surface area contributed by atoms with Gasteiger partial charge in [0.2, 0.25) is 5.96 Å². The second-order valence-electron chi connectivity index (χ2n) is 6.57. The molecule has 2 aromatic carbocycles. The summed E-state index contributed by atoms with van der Waals surface area (Å²) in [6.45, 7) is 2.39. The number of carbonyl (C=O) groups is 1. The average Bonchev–Trinajstić information content (AvgIpc) is 2.77. The molecule has 0 radical (unpaired) electrons. The number of amides is 1. The van der Waals surface area contributed by atoms with Crippen LogP contribution in [0.2, 0.25) is 0 Å². The van der Waals surface area contributed by atoms with Crippen LogP contribution in [0.3, 0.4) is 0 Å². The van der Waals surface area contributed by atoms with Crippen LogP contribution in [0, 0.1) is 6.92 Å². The van der Waals surface area contributed by atoms with Crippen molar-refractivity contribution in [1.82, 2.24) is 10.3 Å². The van der Waals surface area contributed by atoms with E-state index in [1.807, 2.05) is 43.3 Å². The first-order chi connectivity index (χ1) is 14.6. The molecule has 3 aromatic rings. The maximum absolute atomic E-state index is 12.9. The molecule has 0 bridgehead atoms. The molecule has 30 heavy (non-hydrogen) atoms.